The van der Waals surface area contributed by atoms with Crippen molar-refractivity contribution in [2.75, 3.05) is 26.2 Å². The van der Waals surface area contributed by atoms with Crippen LogP contribution in [0.2, 0.25) is 0 Å². The highest BCUT2D eigenvalue weighted by Crippen LogP contribution is 2.21. The monoisotopic (exact) mass is 411 g/mol. The number of ether oxygens (including phenoxy) is 1. The molecule has 1 atom stereocenters. The summed E-state index contributed by atoms with van der Waals surface area (Å²) in [6.07, 6.45) is 1.62. The van der Waals surface area contributed by atoms with Gasteiger partial charge in [0, 0.05) is 19.6 Å². The van der Waals surface area contributed by atoms with E-state index in [4.69, 9.17) is 4.74 Å². The van der Waals surface area contributed by atoms with Crippen molar-refractivity contribution in [3.05, 3.63) is 29.8 Å². The van der Waals surface area contributed by atoms with Crippen molar-refractivity contribution >= 4 is 27.8 Å². The lowest BCUT2D eigenvalue weighted by Gasteiger charge is -2.16. The number of likely N-dealkylation sites (N-methyl/N-ethyl adjacent to an activating group) is 1. The Kier molecular flexibility index (Phi) is 7.53. The molecule has 1 saturated heterocycles. The number of hydrogen-bond acceptors (Lipinski definition) is 6. The molecule has 0 aliphatic carbocycles. The number of hydrogen-bond donors (Lipinski definition) is 2. The van der Waals surface area contributed by atoms with Gasteiger partial charge in [-0.15, -0.1) is 0 Å². The van der Waals surface area contributed by atoms with E-state index >= 15 is 0 Å². The van der Waals surface area contributed by atoms with Gasteiger partial charge in [-0.2, -0.15) is 4.31 Å². The van der Waals surface area contributed by atoms with Gasteiger partial charge in [0.15, 0.2) is 6.61 Å². The number of amides is 2. The predicted molar refractivity (Wildman–Crippen MR) is 101 cm³/mol. The van der Waals surface area contributed by atoms with E-state index in [1.807, 2.05) is 0 Å². The zero-order valence-corrected chi connectivity index (χ0v) is 16.8. The summed E-state index contributed by atoms with van der Waals surface area (Å²) in [4.78, 5) is 35.6. The fraction of sp³-hybridized carbons (Fsp3) is 0.500. The minimum atomic E-state index is -3.66. The van der Waals surface area contributed by atoms with Crippen molar-refractivity contribution < 1.29 is 27.5 Å². The second kappa shape index (κ2) is 9.65. The maximum atomic E-state index is 12.6. The molecule has 1 heterocycles. The summed E-state index contributed by atoms with van der Waals surface area (Å²) in [5, 5.41) is 4.98. The van der Waals surface area contributed by atoms with E-state index in [2.05, 4.69) is 10.6 Å². The number of sulfonamides is 1. The van der Waals surface area contributed by atoms with Gasteiger partial charge in [0.25, 0.3) is 5.91 Å². The summed E-state index contributed by atoms with van der Waals surface area (Å²) in [6.45, 7) is 4.04. The summed E-state index contributed by atoms with van der Waals surface area (Å²) in [5.74, 6) is -1.80. The third-order valence-electron chi connectivity index (χ3n) is 4.23. The van der Waals surface area contributed by atoms with Crippen molar-refractivity contribution in [2.24, 2.45) is 0 Å². The molecule has 0 aromatic heterocycles. The lowest BCUT2D eigenvalue weighted by atomic mass is 10.2. The van der Waals surface area contributed by atoms with Crippen LogP contribution in [0.3, 0.4) is 0 Å². The summed E-state index contributed by atoms with van der Waals surface area (Å²) in [6, 6.07) is 4.77. The Labute approximate surface area is 164 Å². The molecule has 0 saturated carbocycles. The van der Waals surface area contributed by atoms with E-state index in [1.165, 1.54) is 35.5 Å². The van der Waals surface area contributed by atoms with E-state index in [1.54, 1.807) is 6.92 Å². The maximum absolute atomic E-state index is 12.6. The third kappa shape index (κ3) is 5.52. The summed E-state index contributed by atoms with van der Waals surface area (Å²) in [7, 11) is -3.66. The van der Waals surface area contributed by atoms with Gasteiger partial charge < -0.3 is 15.4 Å². The SMILES string of the molecule is CCNC(=O)[C@@H](C)NC(=O)COC(=O)c1cccc(S(=O)(=O)N2CCCC2)c1. The van der Waals surface area contributed by atoms with Crippen LogP contribution in [0.1, 0.15) is 37.0 Å². The molecule has 0 spiro atoms. The number of nitrogens with one attached hydrogen (secondary N) is 2. The first kappa shape index (κ1) is 21.8. The first-order valence-electron chi connectivity index (χ1n) is 9.10. The lowest BCUT2D eigenvalue weighted by Crippen LogP contribution is -2.46. The quantitative estimate of drug-likeness (QED) is 0.592. The number of carbonyl (C=O) groups excluding carboxylic acids is 3. The number of esters is 1. The second-order valence-corrected chi connectivity index (χ2v) is 8.34. The van der Waals surface area contributed by atoms with Crippen molar-refractivity contribution in [3.8, 4) is 0 Å². The van der Waals surface area contributed by atoms with Gasteiger partial charge in [0.05, 0.1) is 10.5 Å². The zero-order chi connectivity index (χ0) is 20.7. The van der Waals surface area contributed by atoms with Crippen LogP contribution in [0, 0.1) is 0 Å². The Balaban J connectivity index is 1.96. The predicted octanol–water partition coefficient (Wildman–Crippen LogP) is 0.269. The van der Waals surface area contributed by atoms with E-state index in [-0.39, 0.29) is 16.4 Å². The van der Waals surface area contributed by atoms with Crippen molar-refractivity contribution in [3.63, 3.8) is 0 Å². The Morgan fingerprint density at radius 3 is 2.54 bits per heavy atom. The Morgan fingerprint density at radius 1 is 1.21 bits per heavy atom. The molecule has 1 aliphatic heterocycles. The summed E-state index contributed by atoms with van der Waals surface area (Å²) < 4.78 is 31.5. The normalized spacial score (nSPS) is 15.6. The molecule has 10 heteroatoms. The minimum Gasteiger partial charge on any atom is -0.452 e. The van der Waals surface area contributed by atoms with Crippen molar-refractivity contribution in [2.45, 2.75) is 37.6 Å². The standard InChI is InChI=1S/C18H25N3O6S/c1-3-19-17(23)13(2)20-16(22)12-27-18(24)14-7-6-8-15(11-14)28(25,26)21-9-4-5-10-21/h6-8,11,13H,3-5,9-10,12H2,1-2H3,(H,19,23)(H,20,22)/t13-/m1/s1. The molecule has 2 rings (SSSR count). The van der Waals surface area contributed by atoms with E-state index < -0.39 is 34.5 Å². The summed E-state index contributed by atoms with van der Waals surface area (Å²) >= 11 is 0. The molecule has 9 nitrogen and oxygen atoms in total. The molecule has 2 amide bonds. The van der Waals surface area contributed by atoms with Gasteiger partial charge in [-0.1, -0.05) is 6.07 Å². The van der Waals surface area contributed by atoms with Crippen LogP contribution in [0.5, 0.6) is 0 Å². The molecule has 1 fully saturated rings. The van der Waals surface area contributed by atoms with Gasteiger partial charge in [0.1, 0.15) is 6.04 Å². The van der Waals surface area contributed by atoms with Crippen LogP contribution in [0.4, 0.5) is 0 Å². The maximum Gasteiger partial charge on any atom is 0.338 e. The average molecular weight is 411 g/mol. The molecule has 2 N–H and O–H groups in total. The molecule has 1 aromatic rings. The van der Waals surface area contributed by atoms with Crippen LogP contribution in [-0.4, -0.2) is 62.8 Å². The second-order valence-electron chi connectivity index (χ2n) is 6.40. The number of rotatable bonds is 8. The Morgan fingerprint density at radius 2 is 1.89 bits per heavy atom. The molecule has 28 heavy (non-hydrogen) atoms. The first-order chi connectivity index (χ1) is 13.3. The first-order valence-corrected chi connectivity index (χ1v) is 10.5. The van der Waals surface area contributed by atoms with Crippen LogP contribution in [0.15, 0.2) is 29.2 Å². The number of nitrogens with zero attached hydrogens (tertiary/aromatic N) is 1. The molecular weight excluding hydrogens is 386 g/mol. The minimum absolute atomic E-state index is 0.0122. The van der Waals surface area contributed by atoms with Crippen LogP contribution in [0.25, 0.3) is 0 Å². The fourth-order valence-electron chi connectivity index (χ4n) is 2.75. The number of benzene rings is 1. The number of carbonyl (C=O) groups is 3. The van der Waals surface area contributed by atoms with Crippen LogP contribution >= 0.6 is 0 Å². The highest BCUT2D eigenvalue weighted by Gasteiger charge is 2.27. The molecular formula is C18H25N3O6S. The van der Waals surface area contributed by atoms with E-state index in [9.17, 15) is 22.8 Å². The molecule has 154 valence electrons. The average Bonchev–Trinajstić information content (AvgIpc) is 3.22. The van der Waals surface area contributed by atoms with Gasteiger partial charge in [0.2, 0.25) is 15.9 Å². The lowest BCUT2D eigenvalue weighted by molar-refractivity contribution is -0.130. The fourth-order valence-corrected chi connectivity index (χ4v) is 4.32. The highest BCUT2D eigenvalue weighted by molar-refractivity contribution is 7.89. The smallest absolute Gasteiger partial charge is 0.338 e. The third-order valence-corrected chi connectivity index (χ3v) is 6.12. The Hall–Kier alpha value is -2.46. The van der Waals surface area contributed by atoms with Gasteiger partial charge in [-0.25, -0.2) is 13.2 Å². The van der Waals surface area contributed by atoms with Gasteiger partial charge >= 0.3 is 5.97 Å². The van der Waals surface area contributed by atoms with E-state index in [0.29, 0.717) is 19.6 Å². The molecule has 0 unspecified atom stereocenters. The Bertz CT molecular complexity index is 833. The molecule has 1 aromatic carbocycles. The van der Waals surface area contributed by atoms with Gasteiger partial charge in [-0.3, -0.25) is 9.59 Å². The van der Waals surface area contributed by atoms with Crippen molar-refractivity contribution in [1.29, 1.82) is 0 Å². The molecule has 0 bridgehead atoms. The topological polar surface area (TPSA) is 122 Å². The van der Waals surface area contributed by atoms with Crippen LogP contribution in [-0.2, 0) is 24.3 Å². The zero-order valence-electron chi connectivity index (χ0n) is 15.9. The summed E-state index contributed by atoms with van der Waals surface area (Å²) in [5.41, 5.74) is 0.0323. The molecule has 1 aliphatic rings. The van der Waals surface area contributed by atoms with Crippen molar-refractivity contribution in [1.82, 2.24) is 14.9 Å². The largest absolute Gasteiger partial charge is 0.452 e. The van der Waals surface area contributed by atoms with Crippen LogP contribution < -0.4 is 10.6 Å². The molecule has 0 radical (unpaired) electrons. The highest BCUT2D eigenvalue weighted by atomic mass is 32.2. The van der Waals surface area contributed by atoms with E-state index in [0.717, 1.165) is 12.8 Å². The van der Waals surface area contributed by atoms with Gasteiger partial charge in [-0.05, 0) is 44.9 Å².